The van der Waals surface area contributed by atoms with Crippen molar-refractivity contribution in [2.24, 2.45) is 11.8 Å². The topological polar surface area (TPSA) is 89.4 Å². The molecule has 1 aromatic rings. The fourth-order valence-corrected chi connectivity index (χ4v) is 5.17. The van der Waals surface area contributed by atoms with Crippen molar-refractivity contribution in [2.75, 3.05) is 39.3 Å². The van der Waals surface area contributed by atoms with Crippen molar-refractivity contribution in [1.82, 2.24) is 20.9 Å². The largest absolute Gasteiger partial charge is 0.390 e. The number of carbonyl (C=O) groups excluding carboxylic acids is 1. The highest BCUT2D eigenvalue weighted by Gasteiger charge is 2.33. The Hall–Kier alpha value is -3.08. The maximum absolute atomic E-state index is 12.8. The third-order valence-electron chi connectivity index (χ3n) is 7.03. The average molecular weight is 446 g/mol. The van der Waals surface area contributed by atoms with Crippen molar-refractivity contribution in [3.8, 4) is 6.07 Å². The van der Waals surface area contributed by atoms with Crippen LogP contribution in [0.2, 0.25) is 0 Å². The van der Waals surface area contributed by atoms with Crippen molar-refractivity contribution in [3.05, 3.63) is 65.5 Å². The normalized spacial score (nSPS) is 27.5. The van der Waals surface area contributed by atoms with E-state index < -0.39 is 0 Å². The Labute approximate surface area is 195 Å². The number of nitrogens with zero attached hydrogens (tertiary/aromatic N) is 2. The van der Waals surface area contributed by atoms with E-state index in [2.05, 4.69) is 46.3 Å². The molecule has 0 bridgehead atoms. The van der Waals surface area contributed by atoms with Crippen LogP contribution in [-0.4, -0.2) is 62.3 Å². The SMILES string of the molecule is N#Cc1cccc(C2=CC3C=CNCC3C(NC3CCN(C(=O)C4CNCCO4)CC3)=C2)c1. The van der Waals surface area contributed by atoms with Gasteiger partial charge >= 0.3 is 0 Å². The molecule has 5 rings (SSSR count). The number of ether oxygens (including phenoxy) is 1. The molecule has 0 aromatic heterocycles. The number of allylic oxidation sites excluding steroid dienone is 4. The summed E-state index contributed by atoms with van der Waals surface area (Å²) in [5, 5.41) is 19.7. The maximum Gasteiger partial charge on any atom is 0.253 e. The van der Waals surface area contributed by atoms with E-state index in [-0.39, 0.29) is 12.0 Å². The Morgan fingerprint density at radius 2 is 2.12 bits per heavy atom. The van der Waals surface area contributed by atoms with Gasteiger partial charge in [-0.05, 0) is 48.4 Å². The van der Waals surface area contributed by atoms with Crippen molar-refractivity contribution in [3.63, 3.8) is 0 Å². The van der Waals surface area contributed by atoms with Gasteiger partial charge in [-0.3, -0.25) is 4.79 Å². The highest BCUT2D eigenvalue weighted by Crippen LogP contribution is 2.35. The van der Waals surface area contributed by atoms with Crippen LogP contribution in [0.5, 0.6) is 0 Å². The monoisotopic (exact) mass is 445 g/mol. The van der Waals surface area contributed by atoms with Gasteiger partial charge in [-0.2, -0.15) is 5.26 Å². The molecule has 3 atom stereocenters. The molecule has 4 aliphatic rings. The first kappa shape index (κ1) is 21.7. The van der Waals surface area contributed by atoms with Gasteiger partial charge < -0.3 is 25.6 Å². The van der Waals surface area contributed by atoms with Crippen LogP contribution >= 0.6 is 0 Å². The Balaban J connectivity index is 1.27. The van der Waals surface area contributed by atoms with Gasteiger partial charge in [0.25, 0.3) is 5.91 Å². The van der Waals surface area contributed by atoms with Crippen LogP contribution in [0, 0.1) is 23.2 Å². The average Bonchev–Trinajstić information content (AvgIpc) is 2.89. The number of benzene rings is 1. The van der Waals surface area contributed by atoms with E-state index in [1.807, 2.05) is 29.3 Å². The predicted octanol–water partition coefficient (Wildman–Crippen LogP) is 1.76. The second-order valence-corrected chi connectivity index (χ2v) is 9.17. The minimum atomic E-state index is -0.345. The number of likely N-dealkylation sites (tertiary alicyclic amines) is 1. The number of amides is 1. The fourth-order valence-electron chi connectivity index (χ4n) is 5.17. The first-order valence-electron chi connectivity index (χ1n) is 11.9. The molecule has 1 aliphatic carbocycles. The molecule has 3 unspecified atom stereocenters. The van der Waals surface area contributed by atoms with E-state index in [4.69, 9.17) is 4.74 Å². The van der Waals surface area contributed by atoms with Gasteiger partial charge in [0.05, 0.1) is 18.2 Å². The molecule has 3 N–H and O–H groups in total. The van der Waals surface area contributed by atoms with E-state index in [9.17, 15) is 10.1 Å². The fraction of sp³-hybridized carbons (Fsp3) is 0.462. The van der Waals surface area contributed by atoms with Gasteiger partial charge in [-0.15, -0.1) is 0 Å². The van der Waals surface area contributed by atoms with Crippen LogP contribution in [0.4, 0.5) is 0 Å². The highest BCUT2D eigenvalue weighted by molar-refractivity contribution is 5.81. The zero-order chi connectivity index (χ0) is 22.6. The number of hydrogen-bond donors (Lipinski definition) is 3. The molecule has 3 aliphatic heterocycles. The molecule has 33 heavy (non-hydrogen) atoms. The zero-order valence-corrected chi connectivity index (χ0v) is 18.8. The summed E-state index contributed by atoms with van der Waals surface area (Å²) in [6.07, 6.45) is 10.3. The number of morpholine rings is 1. The second kappa shape index (κ2) is 9.82. The molecule has 7 nitrogen and oxygen atoms in total. The first-order valence-corrected chi connectivity index (χ1v) is 11.9. The summed E-state index contributed by atoms with van der Waals surface area (Å²) in [4.78, 5) is 14.7. The van der Waals surface area contributed by atoms with Crippen LogP contribution in [0.15, 0.2) is 54.4 Å². The van der Waals surface area contributed by atoms with Gasteiger partial charge in [-0.25, -0.2) is 0 Å². The maximum atomic E-state index is 12.8. The number of carbonyl (C=O) groups is 1. The molecule has 2 saturated heterocycles. The molecule has 7 heteroatoms. The van der Waals surface area contributed by atoms with Crippen molar-refractivity contribution in [2.45, 2.75) is 25.0 Å². The molecule has 0 radical (unpaired) electrons. The van der Waals surface area contributed by atoms with Gasteiger partial charge in [0.2, 0.25) is 0 Å². The van der Waals surface area contributed by atoms with E-state index >= 15 is 0 Å². The quantitative estimate of drug-likeness (QED) is 0.655. The van der Waals surface area contributed by atoms with Crippen LogP contribution in [0.3, 0.4) is 0 Å². The molecular weight excluding hydrogens is 414 g/mol. The summed E-state index contributed by atoms with van der Waals surface area (Å²) >= 11 is 0. The van der Waals surface area contributed by atoms with E-state index in [0.29, 0.717) is 36.6 Å². The second-order valence-electron chi connectivity index (χ2n) is 9.17. The minimum Gasteiger partial charge on any atom is -0.390 e. The molecule has 0 saturated carbocycles. The Bertz CT molecular complexity index is 1010. The van der Waals surface area contributed by atoms with Gasteiger partial charge in [0, 0.05) is 56.3 Å². The Morgan fingerprint density at radius 3 is 2.91 bits per heavy atom. The number of rotatable bonds is 4. The molecule has 0 spiro atoms. The number of nitriles is 1. The highest BCUT2D eigenvalue weighted by atomic mass is 16.5. The number of hydrogen-bond acceptors (Lipinski definition) is 6. The third-order valence-corrected chi connectivity index (χ3v) is 7.03. The summed E-state index contributed by atoms with van der Waals surface area (Å²) in [5.74, 6) is 0.790. The smallest absolute Gasteiger partial charge is 0.253 e. The summed E-state index contributed by atoms with van der Waals surface area (Å²) in [5.41, 5.74) is 4.13. The van der Waals surface area contributed by atoms with Gasteiger partial charge in [-0.1, -0.05) is 24.3 Å². The molecule has 3 heterocycles. The van der Waals surface area contributed by atoms with Crippen molar-refractivity contribution < 1.29 is 9.53 Å². The summed E-state index contributed by atoms with van der Waals surface area (Å²) < 4.78 is 5.65. The van der Waals surface area contributed by atoms with E-state index in [1.165, 1.54) is 5.70 Å². The third kappa shape index (κ3) is 4.82. The first-order chi connectivity index (χ1) is 16.2. The lowest BCUT2D eigenvalue weighted by Gasteiger charge is -2.39. The van der Waals surface area contributed by atoms with Crippen LogP contribution < -0.4 is 16.0 Å². The molecule has 2 fully saturated rings. The van der Waals surface area contributed by atoms with E-state index in [0.717, 1.165) is 50.2 Å². The number of piperidine rings is 1. The van der Waals surface area contributed by atoms with E-state index in [1.54, 1.807) is 0 Å². The summed E-state index contributed by atoms with van der Waals surface area (Å²) in [6.45, 7) is 4.42. The molecule has 1 amide bonds. The van der Waals surface area contributed by atoms with Crippen LogP contribution in [0.1, 0.15) is 24.0 Å². The molecule has 172 valence electrons. The van der Waals surface area contributed by atoms with Crippen LogP contribution in [-0.2, 0) is 9.53 Å². The Morgan fingerprint density at radius 1 is 1.24 bits per heavy atom. The van der Waals surface area contributed by atoms with Crippen molar-refractivity contribution >= 4 is 11.5 Å². The standard InChI is InChI=1S/C26H31N5O2/c27-15-18-2-1-3-19(12-18)21-13-20-4-7-28-16-23(20)24(14-21)30-22-5-9-31(10-6-22)26(32)25-17-29-8-11-33-25/h1-4,7,12-14,20,22-23,25,28-30H,5-6,8-11,16-17H2. The zero-order valence-electron chi connectivity index (χ0n) is 18.8. The lowest BCUT2D eigenvalue weighted by atomic mass is 9.79. The van der Waals surface area contributed by atoms with Gasteiger partial charge in [0.1, 0.15) is 6.10 Å². The minimum absolute atomic E-state index is 0.113. The summed E-state index contributed by atoms with van der Waals surface area (Å²) in [7, 11) is 0. The lowest BCUT2D eigenvalue weighted by molar-refractivity contribution is -0.146. The van der Waals surface area contributed by atoms with Crippen LogP contribution in [0.25, 0.3) is 5.57 Å². The molecular formula is C26H31N5O2. The summed E-state index contributed by atoms with van der Waals surface area (Å²) in [6, 6.07) is 10.4. The number of fused-ring (bicyclic) bond motifs is 1. The Kier molecular flexibility index (Phi) is 6.47. The van der Waals surface area contributed by atoms with Crippen molar-refractivity contribution in [1.29, 1.82) is 5.26 Å². The number of nitrogens with one attached hydrogen (secondary N) is 3. The molecule has 1 aromatic carbocycles. The van der Waals surface area contributed by atoms with Gasteiger partial charge in [0.15, 0.2) is 0 Å². The predicted molar refractivity (Wildman–Crippen MR) is 127 cm³/mol. The lowest BCUT2D eigenvalue weighted by Crippen LogP contribution is -2.53.